The van der Waals surface area contributed by atoms with Crippen LogP contribution in [-0.2, 0) is 6.42 Å². The topological polar surface area (TPSA) is 77.0 Å². The van der Waals surface area contributed by atoms with Gasteiger partial charge in [0.2, 0.25) is 0 Å². The van der Waals surface area contributed by atoms with Crippen molar-refractivity contribution >= 4 is 5.91 Å². The summed E-state index contributed by atoms with van der Waals surface area (Å²) in [6.07, 6.45) is 8.05. The Morgan fingerprint density at radius 2 is 2.07 bits per heavy atom. The molecule has 1 amide bonds. The quantitative estimate of drug-likeness (QED) is 0.772. The summed E-state index contributed by atoms with van der Waals surface area (Å²) >= 11 is 0. The third-order valence-corrected chi connectivity index (χ3v) is 4.76. The van der Waals surface area contributed by atoms with E-state index < -0.39 is 0 Å². The standard InChI is InChI=1S/C21H20N4O2/c1-27-16-5-2-4-15(12-16)21(26)25-19-7-3-6-18-17(19)13-23-20(24-18)14-8-10-22-11-9-14/h2,4-5,8-13,19H,3,6-7H2,1H3,(H,25,26)/t19-/m0/s1. The number of fused-ring (bicyclic) bond motifs is 1. The summed E-state index contributed by atoms with van der Waals surface area (Å²) in [6, 6.07) is 10.9. The molecule has 27 heavy (non-hydrogen) atoms. The van der Waals surface area contributed by atoms with Crippen LogP contribution in [0.4, 0.5) is 0 Å². The van der Waals surface area contributed by atoms with E-state index in [2.05, 4.69) is 15.3 Å². The summed E-state index contributed by atoms with van der Waals surface area (Å²) in [5, 5.41) is 3.12. The maximum Gasteiger partial charge on any atom is 0.251 e. The van der Waals surface area contributed by atoms with Crippen LogP contribution >= 0.6 is 0 Å². The molecule has 4 rings (SSSR count). The number of aromatic nitrogens is 3. The summed E-state index contributed by atoms with van der Waals surface area (Å²) in [5.41, 5.74) is 3.51. The largest absolute Gasteiger partial charge is 0.497 e. The molecule has 1 atom stereocenters. The van der Waals surface area contributed by atoms with E-state index in [0.717, 1.165) is 36.1 Å². The lowest BCUT2D eigenvalue weighted by atomic mass is 9.92. The van der Waals surface area contributed by atoms with Crippen molar-refractivity contribution in [1.29, 1.82) is 0 Å². The number of hydrogen-bond acceptors (Lipinski definition) is 5. The number of carbonyl (C=O) groups is 1. The third kappa shape index (κ3) is 3.65. The summed E-state index contributed by atoms with van der Waals surface area (Å²) in [7, 11) is 1.59. The SMILES string of the molecule is COc1cccc(C(=O)N[C@H]2CCCc3nc(-c4ccncc4)ncc32)c1. The second-order valence-electron chi connectivity index (χ2n) is 6.48. The molecule has 6 nitrogen and oxygen atoms in total. The van der Waals surface area contributed by atoms with Gasteiger partial charge in [-0.1, -0.05) is 6.07 Å². The Kier molecular flexibility index (Phi) is 4.78. The van der Waals surface area contributed by atoms with Crippen LogP contribution in [0.2, 0.25) is 0 Å². The molecule has 0 saturated heterocycles. The molecule has 0 radical (unpaired) electrons. The minimum absolute atomic E-state index is 0.0843. The third-order valence-electron chi connectivity index (χ3n) is 4.76. The number of nitrogens with zero attached hydrogens (tertiary/aromatic N) is 3. The number of pyridine rings is 1. The molecule has 0 saturated carbocycles. The number of aryl methyl sites for hydroxylation is 1. The Bertz CT molecular complexity index is 959. The van der Waals surface area contributed by atoms with Gasteiger partial charge < -0.3 is 10.1 Å². The van der Waals surface area contributed by atoms with E-state index in [4.69, 9.17) is 9.72 Å². The monoisotopic (exact) mass is 360 g/mol. The molecule has 2 aromatic heterocycles. The highest BCUT2D eigenvalue weighted by Gasteiger charge is 2.24. The predicted octanol–water partition coefficient (Wildman–Crippen LogP) is 3.35. The fourth-order valence-corrected chi connectivity index (χ4v) is 3.34. The highest BCUT2D eigenvalue weighted by atomic mass is 16.5. The second-order valence-corrected chi connectivity index (χ2v) is 6.48. The van der Waals surface area contributed by atoms with Crippen LogP contribution in [0.3, 0.4) is 0 Å². The van der Waals surface area contributed by atoms with Gasteiger partial charge in [-0.25, -0.2) is 9.97 Å². The zero-order valence-electron chi connectivity index (χ0n) is 15.1. The lowest BCUT2D eigenvalue weighted by Crippen LogP contribution is -2.31. The van der Waals surface area contributed by atoms with Gasteiger partial charge in [-0.15, -0.1) is 0 Å². The van der Waals surface area contributed by atoms with Crippen LogP contribution in [0.5, 0.6) is 5.75 Å². The number of amides is 1. The first-order valence-electron chi connectivity index (χ1n) is 8.96. The Morgan fingerprint density at radius 1 is 1.22 bits per heavy atom. The van der Waals surface area contributed by atoms with E-state index in [9.17, 15) is 4.79 Å². The number of benzene rings is 1. The van der Waals surface area contributed by atoms with Crippen LogP contribution < -0.4 is 10.1 Å². The smallest absolute Gasteiger partial charge is 0.251 e. The van der Waals surface area contributed by atoms with Crippen molar-refractivity contribution < 1.29 is 9.53 Å². The lowest BCUT2D eigenvalue weighted by molar-refractivity contribution is 0.0932. The van der Waals surface area contributed by atoms with Crippen LogP contribution in [0.25, 0.3) is 11.4 Å². The molecule has 0 spiro atoms. The Labute approximate surface area is 157 Å². The van der Waals surface area contributed by atoms with Gasteiger partial charge in [0.25, 0.3) is 5.91 Å². The van der Waals surface area contributed by atoms with E-state index in [1.165, 1.54) is 0 Å². The molecule has 2 heterocycles. The van der Waals surface area contributed by atoms with Gasteiger partial charge >= 0.3 is 0 Å². The van der Waals surface area contributed by atoms with Crippen LogP contribution in [0, 0.1) is 0 Å². The predicted molar refractivity (Wildman–Crippen MR) is 101 cm³/mol. The molecule has 0 aliphatic heterocycles. The summed E-state index contributed by atoms with van der Waals surface area (Å²) in [6.45, 7) is 0. The Hall–Kier alpha value is -3.28. The van der Waals surface area contributed by atoms with Crippen LogP contribution in [0.1, 0.15) is 40.5 Å². The average Bonchev–Trinajstić information content (AvgIpc) is 2.74. The van der Waals surface area contributed by atoms with Crippen molar-refractivity contribution in [2.75, 3.05) is 7.11 Å². The van der Waals surface area contributed by atoms with Crippen LogP contribution in [-0.4, -0.2) is 28.0 Å². The maximum atomic E-state index is 12.7. The van der Waals surface area contributed by atoms with E-state index in [1.54, 1.807) is 31.6 Å². The van der Waals surface area contributed by atoms with Gasteiger partial charge in [0.1, 0.15) is 5.75 Å². The van der Waals surface area contributed by atoms with Crippen molar-refractivity contribution in [2.24, 2.45) is 0 Å². The van der Waals surface area contributed by atoms with Gasteiger partial charge in [0, 0.05) is 41.0 Å². The van der Waals surface area contributed by atoms with Crippen molar-refractivity contribution in [3.8, 4) is 17.1 Å². The molecule has 1 N–H and O–H groups in total. The van der Waals surface area contributed by atoms with Crippen molar-refractivity contribution in [3.63, 3.8) is 0 Å². The molecule has 1 aliphatic rings. The molecule has 1 aromatic carbocycles. The molecule has 136 valence electrons. The van der Waals surface area contributed by atoms with Gasteiger partial charge in [0.15, 0.2) is 5.82 Å². The van der Waals surface area contributed by atoms with Crippen LogP contribution in [0.15, 0.2) is 55.0 Å². The second kappa shape index (κ2) is 7.53. The van der Waals surface area contributed by atoms with Gasteiger partial charge in [-0.05, 0) is 49.6 Å². The zero-order valence-corrected chi connectivity index (χ0v) is 15.1. The summed E-state index contributed by atoms with van der Waals surface area (Å²) < 4.78 is 5.20. The van der Waals surface area contributed by atoms with E-state index in [-0.39, 0.29) is 11.9 Å². The van der Waals surface area contributed by atoms with E-state index in [0.29, 0.717) is 17.1 Å². The molecule has 0 unspecified atom stereocenters. The fraction of sp³-hybridized carbons (Fsp3) is 0.238. The molecular weight excluding hydrogens is 340 g/mol. The number of ether oxygens (including phenoxy) is 1. The van der Waals surface area contributed by atoms with Crippen molar-refractivity contribution in [3.05, 3.63) is 71.8 Å². The normalized spacial score (nSPS) is 15.7. The molecule has 1 aliphatic carbocycles. The van der Waals surface area contributed by atoms with Gasteiger partial charge in [-0.3, -0.25) is 9.78 Å². The summed E-state index contributed by atoms with van der Waals surface area (Å²) in [4.78, 5) is 25.9. The number of rotatable bonds is 4. The fourth-order valence-electron chi connectivity index (χ4n) is 3.34. The average molecular weight is 360 g/mol. The van der Waals surface area contributed by atoms with E-state index >= 15 is 0 Å². The van der Waals surface area contributed by atoms with Gasteiger partial charge in [-0.2, -0.15) is 0 Å². The molecule has 3 aromatic rings. The molecule has 6 heteroatoms. The highest BCUT2D eigenvalue weighted by molar-refractivity contribution is 5.94. The molecule has 0 bridgehead atoms. The van der Waals surface area contributed by atoms with E-state index in [1.807, 2.05) is 30.5 Å². The number of methoxy groups -OCH3 is 1. The number of carbonyl (C=O) groups excluding carboxylic acids is 1. The summed E-state index contributed by atoms with van der Waals surface area (Å²) in [5.74, 6) is 1.23. The first-order chi connectivity index (χ1) is 13.2. The Balaban J connectivity index is 1.57. The molecular formula is C21H20N4O2. The maximum absolute atomic E-state index is 12.7. The lowest BCUT2D eigenvalue weighted by Gasteiger charge is -2.25. The molecule has 0 fully saturated rings. The van der Waals surface area contributed by atoms with Crippen molar-refractivity contribution in [2.45, 2.75) is 25.3 Å². The minimum atomic E-state index is -0.120. The highest BCUT2D eigenvalue weighted by Crippen LogP contribution is 2.30. The Morgan fingerprint density at radius 3 is 2.89 bits per heavy atom. The first-order valence-corrected chi connectivity index (χ1v) is 8.96. The first kappa shape index (κ1) is 17.1. The number of nitrogens with one attached hydrogen (secondary N) is 1. The number of hydrogen-bond donors (Lipinski definition) is 1. The zero-order chi connectivity index (χ0) is 18.6. The van der Waals surface area contributed by atoms with Crippen molar-refractivity contribution in [1.82, 2.24) is 20.3 Å². The minimum Gasteiger partial charge on any atom is -0.497 e. The van der Waals surface area contributed by atoms with Gasteiger partial charge in [0.05, 0.1) is 13.2 Å².